The van der Waals surface area contributed by atoms with Gasteiger partial charge in [0, 0.05) is 0 Å². The van der Waals surface area contributed by atoms with Gasteiger partial charge in [0.15, 0.2) is 35.6 Å². The molecule has 2 rings (SSSR count). The van der Waals surface area contributed by atoms with Crippen LogP contribution in [0.2, 0.25) is 0 Å². The number of para-hydroxylation sites is 1. The van der Waals surface area contributed by atoms with E-state index in [0.29, 0.717) is 6.07 Å². The zero-order valence-electron chi connectivity index (χ0n) is 12.9. The summed E-state index contributed by atoms with van der Waals surface area (Å²) in [6, 6.07) is 5.88. The SMILES string of the molecule is COc1cccc(C(N)=O)c1OCC(=O)Nc1ccc(F)c(F)c1F. The minimum absolute atomic E-state index is 0.0221. The molecule has 3 N–H and O–H groups in total. The average molecular weight is 354 g/mol. The topological polar surface area (TPSA) is 90.7 Å². The number of carbonyl (C=O) groups is 2. The van der Waals surface area contributed by atoms with Crippen LogP contribution in [-0.2, 0) is 4.79 Å². The second kappa shape index (κ2) is 7.56. The average Bonchev–Trinajstić information content (AvgIpc) is 2.60. The van der Waals surface area contributed by atoms with Crippen molar-refractivity contribution in [3.8, 4) is 11.5 Å². The van der Waals surface area contributed by atoms with Crippen LogP contribution in [0.25, 0.3) is 0 Å². The van der Waals surface area contributed by atoms with Crippen molar-refractivity contribution in [3.05, 3.63) is 53.3 Å². The van der Waals surface area contributed by atoms with Gasteiger partial charge in [0.2, 0.25) is 0 Å². The number of halogens is 3. The van der Waals surface area contributed by atoms with Gasteiger partial charge in [0.1, 0.15) is 0 Å². The first-order valence-electron chi connectivity index (χ1n) is 6.88. The molecular formula is C16H13F3N2O4. The smallest absolute Gasteiger partial charge is 0.262 e. The van der Waals surface area contributed by atoms with Gasteiger partial charge in [-0.3, -0.25) is 9.59 Å². The molecule has 0 aliphatic carbocycles. The summed E-state index contributed by atoms with van der Waals surface area (Å²) >= 11 is 0. The Labute approximate surface area is 140 Å². The number of primary amides is 1. The summed E-state index contributed by atoms with van der Waals surface area (Å²) in [6.07, 6.45) is 0. The predicted molar refractivity (Wildman–Crippen MR) is 82.0 cm³/mol. The molecule has 9 heteroatoms. The van der Waals surface area contributed by atoms with Crippen molar-refractivity contribution in [1.82, 2.24) is 0 Å². The molecule has 0 saturated heterocycles. The third-order valence-electron chi connectivity index (χ3n) is 3.12. The number of methoxy groups -OCH3 is 1. The number of ether oxygens (including phenoxy) is 2. The van der Waals surface area contributed by atoms with Crippen molar-refractivity contribution in [1.29, 1.82) is 0 Å². The minimum Gasteiger partial charge on any atom is -0.493 e. The molecule has 0 aliphatic heterocycles. The molecular weight excluding hydrogens is 341 g/mol. The Balaban J connectivity index is 2.13. The molecule has 0 spiro atoms. The molecule has 0 bridgehead atoms. The molecule has 2 amide bonds. The van der Waals surface area contributed by atoms with Crippen LogP contribution in [0.15, 0.2) is 30.3 Å². The number of amides is 2. The molecule has 132 valence electrons. The Morgan fingerprint density at radius 1 is 1.12 bits per heavy atom. The number of hydrogen-bond acceptors (Lipinski definition) is 4. The number of nitrogens with one attached hydrogen (secondary N) is 1. The van der Waals surface area contributed by atoms with Gasteiger partial charge in [-0.2, -0.15) is 0 Å². The van der Waals surface area contributed by atoms with Crippen molar-refractivity contribution < 1.29 is 32.2 Å². The summed E-state index contributed by atoms with van der Waals surface area (Å²) in [5.41, 5.74) is 4.64. The van der Waals surface area contributed by atoms with E-state index in [0.717, 1.165) is 6.07 Å². The van der Waals surface area contributed by atoms with E-state index in [1.165, 1.54) is 25.3 Å². The number of hydrogen-bond donors (Lipinski definition) is 2. The first kappa shape index (κ1) is 18.1. The summed E-state index contributed by atoms with van der Waals surface area (Å²) < 4.78 is 49.8. The Kier molecular flexibility index (Phi) is 5.48. The Hall–Kier alpha value is -3.23. The molecule has 0 aliphatic rings. The van der Waals surface area contributed by atoms with Crippen LogP contribution in [0.3, 0.4) is 0 Å². The lowest BCUT2D eigenvalue weighted by atomic mass is 10.2. The van der Waals surface area contributed by atoms with Gasteiger partial charge in [-0.25, -0.2) is 13.2 Å². The molecule has 2 aromatic carbocycles. The third-order valence-corrected chi connectivity index (χ3v) is 3.12. The standard InChI is InChI=1S/C16H13F3N2O4/c1-24-11-4-2-3-8(16(20)23)15(11)25-7-12(22)21-10-6-5-9(17)13(18)14(10)19/h2-6H,7H2,1H3,(H2,20,23)(H,21,22). The predicted octanol–water partition coefficient (Wildman–Crippen LogP) is 2.23. The third kappa shape index (κ3) is 4.00. The van der Waals surface area contributed by atoms with Crippen LogP contribution in [0.1, 0.15) is 10.4 Å². The van der Waals surface area contributed by atoms with E-state index in [1.807, 2.05) is 5.32 Å². The van der Waals surface area contributed by atoms with Crippen LogP contribution in [-0.4, -0.2) is 25.5 Å². The minimum atomic E-state index is -1.71. The zero-order valence-corrected chi connectivity index (χ0v) is 12.9. The van der Waals surface area contributed by atoms with E-state index in [2.05, 4.69) is 0 Å². The fourth-order valence-electron chi connectivity index (χ4n) is 1.97. The van der Waals surface area contributed by atoms with Gasteiger partial charge in [0.05, 0.1) is 18.4 Å². The highest BCUT2D eigenvalue weighted by atomic mass is 19.2. The van der Waals surface area contributed by atoms with Gasteiger partial charge >= 0.3 is 0 Å². The number of benzene rings is 2. The zero-order chi connectivity index (χ0) is 18.6. The van der Waals surface area contributed by atoms with E-state index in [9.17, 15) is 22.8 Å². The summed E-state index contributed by atoms with van der Waals surface area (Å²) in [7, 11) is 1.32. The van der Waals surface area contributed by atoms with Gasteiger partial charge in [0.25, 0.3) is 11.8 Å². The van der Waals surface area contributed by atoms with Gasteiger partial charge < -0.3 is 20.5 Å². The van der Waals surface area contributed by atoms with Crippen molar-refractivity contribution in [3.63, 3.8) is 0 Å². The lowest BCUT2D eigenvalue weighted by Gasteiger charge is -2.13. The van der Waals surface area contributed by atoms with E-state index in [1.54, 1.807) is 0 Å². The quantitative estimate of drug-likeness (QED) is 0.779. The summed E-state index contributed by atoms with van der Waals surface area (Å²) in [4.78, 5) is 23.2. The van der Waals surface area contributed by atoms with Crippen molar-refractivity contribution >= 4 is 17.5 Å². The highest BCUT2D eigenvalue weighted by molar-refractivity contribution is 5.97. The molecule has 0 unspecified atom stereocenters. The van der Waals surface area contributed by atoms with Gasteiger partial charge in [-0.15, -0.1) is 0 Å². The van der Waals surface area contributed by atoms with E-state index < -0.39 is 41.6 Å². The summed E-state index contributed by atoms with van der Waals surface area (Å²) in [6.45, 7) is -0.654. The maximum Gasteiger partial charge on any atom is 0.262 e. The second-order valence-corrected chi connectivity index (χ2v) is 4.76. The van der Waals surface area contributed by atoms with Crippen LogP contribution < -0.4 is 20.5 Å². The molecule has 2 aromatic rings. The molecule has 0 heterocycles. The first-order chi connectivity index (χ1) is 11.8. The van der Waals surface area contributed by atoms with E-state index >= 15 is 0 Å². The summed E-state index contributed by atoms with van der Waals surface area (Å²) in [5.74, 6) is -6.22. The summed E-state index contributed by atoms with van der Waals surface area (Å²) in [5, 5.41) is 2.03. The Morgan fingerprint density at radius 2 is 1.84 bits per heavy atom. The molecule has 25 heavy (non-hydrogen) atoms. The molecule has 0 atom stereocenters. The molecule has 0 fully saturated rings. The Morgan fingerprint density at radius 3 is 2.48 bits per heavy atom. The van der Waals surface area contributed by atoms with Crippen LogP contribution in [0, 0.1) is 17.5 Å². The monoisotopic (exact) mass is 354 g/mol. The lowest BCUT2D eigenvalue weighted by molar-refractivity contribution is -0.118. The number of nitrogens with two attached hydrogens (primary N) is 1. The van der Waals surface area contributed by atoms with E-state index in [4.69, 9.17) is 15.2 Å². The molecule has 6 nitrogen and oxygen atoms in total. The number of anilines is 1. The maximum atomic E-state index is 13.5. The van der Waals surface area contributed by atoms with Gasteiger partial charge in [-0.1, -0.05) is 6.07 Å². The molecule has 0 saturated carbocycles. The van der Waals surface area contributed by atoms with Crippen LogP contribution in [0.5, 0.6) is 11.5 Å². The highest BCUT2D eigenvalue weighted by Gasteiger charge is 2.18. The molecule has 0 radical (unpaired) electrons. The largest absolute Gasteiger partial charge is 0.493 e. The second-order valence-electron chi connectivity index (χ2n) is 4.76. The van der Waals surface area contributed by atoms with Crippen LogP contribution >= 0.6 is 0 Å². The Bertz CT molecular complexity index is 827. The molecule has 0 aromatic heterocycles. The van der Waals surface area contributed by atoms with Crippen molar-refractivity contribution in [2.45, 2.75) is 0 Å². The van der Waals surface area contributed by atoms with Gasteiger partial charge in [-0.05, 0) is 24.3 Å². The maximum absolute atomic E-state index is 13.5. The van der Waals surface area contributed by atoms with E-state index in [-0.39, 0.29) is 17.1 Å². The fourth-order valence-corrected chi connectivity index (χ4v) is 1.97. The fraction of sp³-hybridized carbons (Fsp3) is 0.125. The lowest BCUT2D eigenvalue weighted by Crippen LogP contribution is -2.22. The first-order valence-corrected chi connectivity index (χ1v) is 6.88. The van der Waals surface area contributed by atoms with Crippen LogP contribution in [0.4, 0.5) is 18.9 Å². The number of carbonyl (C=O) groups excluding carboxylic acids is 2. The van der Waals surface area contributed by atoms with Crippen molar-refractivity contribution in [2.75, 3.05) is 19.0 Å². The normalized spacial score (nSPS) is 10.2. The number of rotatable bonds is 6. The highest BCUT2D eigenvalue weighted by Crippen LogP contribution is 2.30. The van der Waals surface area contributed by atoms with Crippen molar-refractivity contribution in [2.24, 2.45) is 5.73 Å².